The Labute approximate surface area is 110 Å². The van der Waals surface area contributed by atoms with Gasteiger partial charge in [-0.1, -0.05) is 6.07 Å². The summed E-state index contributed by atoms with van der Waals surface area (Å²) in [6, 6.07) is 4.26. The van der Waals surface area contributed by atoms with Crippen LogP contribution in [0.25, 0.3) is 0 Å². The van der Waals surface area contributed by atoms with Crippen LogP contribution in [0, 0.1) is 13.8 Å². The zero-order valence-corrected chi connectivity index (χ0v) is 11.9. The predicted molar refractivity (Wildman–Crippen MR) is 75.8 cm³/mol. The molecule has 1 unspecified atom stereocenters. The Balaban J connectivity index is 2.83. The van der Waals surface area contributed by atoms with Gasteiger partial charge in [-0.2, -0.15) is 0 Å². The number of aryl methyl sites for hydroxylation is 2. The van der Waals surface area contributed by atoms with Crippen molar-refractivity contribution in [3.8, 4) is 5.75 Å². The van der Waals surface area contributed by atoms with Crippen molar-refractivity contribution in [2.24, 2.45) is 11.5 Å². The van der Waals surface area contributed by atoms with Crippen LogP contribution >= 0.6 is 0 Å². The molecule has 1 aromatic carbocycles. The van der Waals surface area contributed by atoms with Gasteiger partial charge >= 0.3 is 0 Å². The molecular formula is C14H25N3O. The largest absolute Gasteiger partial charge is 0.496 e. The number of benzene rings is 1. The highest BCUT2D eigenvalue weighted by Gasteiger charge is 2.12. The van der Waals surface area contributed by atoms with E-state index in [-0.39, 0.29) is 6.04 Å². The van der Waals surface area contributed by atoms with E-state index in [2.05, 4.69) is 30.9 Å². The lowest BCUT2D eigenvalue weighted by Crippen LogP contribution is -2.40. The maximum Gasteiger partial charge on any atom is 0.123 e. The lowest BCUT2D eigenvalue weighted by molar-refractivity contribution is 0.297. The number of ether oxygens (including phenoxy) is 1. The van der Waals surface area contributed by atoms with Crippen molar-refractivity contribution in [1.29, 1.82) is 0 Å². The molecule has 0 saturated carbocycles. The molecule has 1 rings (SSSR count). The van der Waals surface area contributed by atoms with Crippen molar-refractivity contribution in [3.63, 3.8) is 0 Å². The van der Waals surface area contributed by atoms with E-state index in [0.29, 0.717) is 6.54 Å². The average Bonchev–Trinajstić information content (AvgIpc) is 2.31. The van der Waals surface area contributed by atoms with Crippen LogP contribution in [0.4, 0.5) is 0 Å². The number of likely N-dealkylation sites (N-methyl/N-ethyl adjacent to an activating group) is 1. The molecule has 4 N–H and O–H groups in total. The molecule has 1 aromatic rings. The average molecular weight is 251 g/mol. The van der Waals surface area contributed by atoms with Crippen molar-refractivity contribution in [2.45, 2.75) is 26.4 Å². The van der Waals surface area contributed by atoms with Gasteiger partial charge < -0.3 is 21.1 Å². The molecule has 0 aliphatic heterocycles. The van der Waals surface area contributed by atoms with Gasteiger partial charge in [0, 0.05) is 31.2 Å². The zero-order valence-electron chi connectivity index (χ0n) is 11.9. The Hall–Kier alpha value is -1.10. The SMILES string of the molecule is COc1cc(C)cc(C)c1CN(C)CC(N)CN. The van der Waals surface area contributed by atoms with Gasteiger partial charge in [-0.25, -0.2) is 0 Å². The normalized spacial score (nSPS) is 12.8. The summed E-state index contributed by atoms with van der Waals surface area (Å²) in [7, 11) is 3.76. The Morgan fingerprint density at radius 1 is 1.33 bits per heavy atom. The molecule has 4 nitrogen and oxygen atoms in total. The van der Waals surface area contributed by atoms with Gasteiger partial charge in [0.15, 0.2) is 0 Å². The quantitative estimate of drug-likeness (QED) is 0.792. The summed E-state index contributed by atoms with van der Waals surface area (Å²) >= 11 is 0. The van der Waals surface area contributed by atoms with Crippen LogP contribution in [0.1, 0.15) is 16.7 Å². The van der Waals surface area contributed by atoms with Gasteiger partial charge in [-0.3, -0.25) is 0 Å². The van der Waals surface area contributed by atoms with E-state index < -0.39 is 0 Å². The Morgan fingerprint density at radius 2 is 2.00 bits per heavy atom. The second kappa shape index (κ2) is 6.73. The van der Waals surface area contributed by atoms with E-state index in [1.54, 1.807) is 7.11 Å². The third-order valence-electron chi connectivity index (χ3n) is 3.07. The third-order valence-corrected chi connectivity index (χ3v) is 3.07. The van der Waals surface area contributed by atoms with Gasteiger partial charge in [-0.15, -0.1) is 0 Å². The molecule has 1 atom stereocenters. The molecule has 18 heavy (non-hydrogen) atoms. The summed E-state index contributed by atoms with van der Waals surface area (Å²) in [5.74, 6) is 0.945. The Morgan fingerprint density at radius 3 is 2.56 bits per heavy atom. The zero-order chi connectivity index (χ0) is 13.7. The lowest BCUT2D eigenvalue weighted by Gasteiger charge is -2.22. The van der Waals surface area contributed by atoms with Gasteiger partial charge in [0.05, 0.1) is 7.11 Å². The van der Waals surface area contributed by atoms with Crippen LogP contribution in [0.3, 0.4) is 0 Å². The third kappa shape index (κ3) is 3.98. The van der Waals surface area contributed by atoms with Crippen molar-refractivity contribution in [2.75, 3.05) is 27.2 Å². The molecule has 0 aromatic heterocycles. The molecule has 0 heterocycles. The summed E-state index contributed by atoms with van der Waals surface area (Å²) in [4.78, 5) is 2.18. The summed E-state index contributed by atoms with van der Waals surface area (Å²) in [6.07, 6.45) is 0. The van der Waals surface area contributed by atoms with Crippen LogP contribution in [-0.4, -0.2) is 38.2 Å². The molecule has 0 amide bonds. The van der Waals surface area contributed by atoms with Crippen molar-refractivity contribution in [1.82, 2.24) is 4.90 Å². The van der Waals surface area contributed by atoms with Gasteiger partial charge in [-0.05, 0) is 38.1 Å². The molecule has 0 spiro atoms. The molecular weight excluding hydrogens is 226 g/mol. The Bertz CT molecular complexity index is 393. The predicted octanol–water partition coefficient (Wildman–Crippen LogP) is 1.03. The van der Waals surface area contributed by atoms with Crippen molar-refractivity contribution >= 4 is 0 Å². The van der Waals surface area contributed by atoms with Crippen LogP contribution in [-0.2, 0) is 6.54 Å². The molecule has 0 aliphatic carbocycles. The van der Waals surface area contributed by atoms with E-state index in [4.69, 9.17) is 16.2 Å². The van der Waals surface area contributed by atoms with Gasteiger partial charge in [0.25, 0.3) is 0 Å². The highest BCUT2D eigenvalue weighted by Crippen LogP contribution is 2.25. The number of hydrogen-bond acceptors (Lipinski definition) is 4. The number of methoxy groups -OCH3 is 1. The maximum absolute atomic E-state index is 5.86. The summed E-state index contributed by atoms with van der Waals surface area (Å²) in [5.41, 5.74) is 15.1. The van der Waals surface area contributed by atoms with Gasteiger partial charge in [0.1, 0.15) is 5.75 Å². The molecule has 0 aliphatic rings. The van der Waals surface area contributed by atoms with E-state index >= 15 is 0 Å². The maximum atomic E-state index is 5.86. The molecule has 102 valence electrons. The first kappa shape index (κ1) is 15.0. The van der Waals surface area contributed by atoms with E-state index in [9.17, 15) is 0 Å². The van der Waals surface area contributed by atoms with E-state index in [1.165, 1.54) is 16.7 Å². The molecule has 0 saturated heterocycles. The van der Waals surface area contributed by atoms with E-state index in [0.717, 1.165) is 18.8 Å². The van der Waals surface area contributed by atoms with Crippen LogP contribution in [0.15, 0.2) is 12.1 Å². The van der Waals surface area contributed by atoms with Crippen LogP contribution < -0.4 is 16.2 Å². The summed E-state index contributed by atoms with van der Waals surface area (Å²) < 4.78 is 5.46. The number of rotatable bonds is 6. The second-order valence-corrected chi connectivity index (χ2v) is 4.96. The minimum atomic E-state index is 0.0201. The summed E-state index contributed by atoms with van der Waals surface area (Å²) in [5, 5.41) is 0. The minimum absolute atomic E-state index is 0.0201. The monoisotopic (exact) mass is 251 g/mol. The first-order valence-electron chi connectivity index (χ1n) is 6.26. The molecule has 0 radical (unpaired) electrons. The Kier molecular flexibility index (Phi) is 5.59. The summed E-state index contributed by atoms with van der Waals surface area (Å²) in [6.45, 7) is 6.30. The lowest BCUT2D eigenvalue weighted by atomic mass is 10.0. The topological polar surface area (TPSA) is 64.5 Å². The van der Waals surface area contributed by atoms with Crippen molar-refractivity contribution in [3.05, 3.63) is 28.8 Å². The minimum Gasteiger partial charge on any atom is -0.496 e. The fraction of sp³-hybridized carbons (Fsp3) is 0.571. The smallest absolute Gasteiger partial charge is 0.123 e. The molecule has 0 bridgehead atoms. The molecule has 0 fully saturated rings. The standard InChI is InChI=1S/C14H25N3O/c1-10-5-11(2)13(14(6-10)18-4)9-17(3)8-12(16)7-15/h5-6,12H,7-9,15-16H2,1-4H3. The van der Waals surface area contributed by atoms with Gasteiger partial charge in [0.2, 0.25) is 0 Å². The van der Waals surface area contributed by atoms with E-state index in [1.807, 2.05) is 7.05 Å². The first-order valence-corrected chi connectivity index (χ1v) is 6.26. The number of nitrogens with two attached hydrogens (primary N) is 2. The van der Waals surface area contributed by atoms with Crippen LogP contribution in [0.5, 0.6) is 5.75 Å². The highest BCUT2D eigenvalue weighted by atomic mass is 16.5. The molecule has 4 heteroatoms. The number of nitrogens with zero attached hydrogens (tertiary/aromatic N) is 1. The van der Waals surface area contributed by atoms with Crippen molar-refractivity contribution < 1.29 is 4.74 Å². The fourth-order valence-electron chi connectivity index (χ4n) is 2.15. The second-order valence-electron chi connectivity index (χ2n) is 4.96. The highest BCUT2D eigenvalue weighted by molar-refractivity contribution is 5.42. The first-order chi connectivity index (χ1) is 8.47. The fourth-order valence-corrected chi connectivity index (χ4v) is 2.15. The van der Waals surface area contributed by atoms with Crippen LogP contribution in [0.2, 0.25) is 0 Å². The number of hydrogen-bond donors (Lipinski definition) is 2.